The molecule has 4 aromatic carbocycles. The first kappa shape index (κ1) is 40.1. The van der Waals surface area contributed by atoms with Crippen molar-refractivity contribution in [3.05, 3.63) is 139 Å². The molecule has 6 rings (SSSR count). The van der Waals surface area contributed by atoms with E-state index in [2.05, 4.69) is 113 Å². The molecule has 0 N–H and O–H groups in total. The van der Waals surface area contributed by atoms with Crippen molar-refractivity contribution in [3.63, 3.8) is 0 Å². The smallest absolute Gasteiger partial charge is 0.261 e. The number of hydrogen-bond acceptors (Lipinski definition) is 7. The van der Waals surface area contributed by atoms with Gasteiger partial charge in [-0.1, -0.05) is 137 Å². The first-order valence-corrected chi connectivity index (χ1v) is 21.3. The van der Waals surface area contributed by atoms with Gasteiger partial charge in [0.15, 0.2) is 5.79 Å². The van der Waals surface area contributed by atoms with Crippen molar-refractivity contribution in [3.8, 4) is 5.75 Å². The number of methoxy groups -OCH3 is 2. The molecule has 54 heavy (non-hydrogen) atoms. The van der Waals surface area contributed by atoms with Crippen LogP contribution in [0, 0.1) is 5.92 Å². The van der Waals surface area contributed by atoms with E-state index in [1.165, 1.54) is 10.4 Å². The van der Waals surface area contributed by atoms with E-state index in [9.17, 15) is 0 Å². The third kappa shape index (κ3) is 9.43. The standard InChI is InChI=1S/C46H58O7Si/c1-35-26-29-46(52-41(35)28-31-49-32-37-22-24-38(47-5)25-23-37)30-27-42(48-6)44(53-46)43(50-33-36-16-10-7-11-17-36)34-51-54(45(2,3)4,39-18-12-8-13-19-39)40-20-14-9-15-21-40/h7-26,29,35,41-44H,27-28,30-34H2,1-6H3/t35?,41?,42?,43-,44+,46+/m1/s1. The van der Waals surface area contributed by atoms with Crippen molar-refractivity contribution in [2.24, 2.45) is 5.92 Å². The average molecular weight is 751 g/mol. The fraction of sp³-hybridized carbons (Fsp3) is 0.435. The van der Waals surface area contributed by atoms with Gasteiger partial charge in [-0.25, -0.2) is 0 Å². The zero-order chi connectivity index (χ0) is 38.0. The van der Waals surface area contributed by atoms with Gasteiger partial charge in [-0.3, -0.25) is 0 Å². The normalized spacial score (nSPS) is 23.7. The van der Waals surface area contributed by atoms with E-state index >= 15 is 0 Å². The minimum Gasteiger partial charge on any atom is -0.497 e. The molecule has 0 aliphatic carbocycles. The summed E-state index contributed by atoms with van der Waals surface area (Å²) in [5, 5.41) is 2.25. The molecule has 2 aliphatic rings. The number of rotatable bonds is 16. The van der Waals surface area contributed by atoms with Gasteiger partial charge in [0, 0.05) is 26.1 Å². The lowest BCUT2D eigenvalue weighted by molar-refractivity contribution is -0.317. The van der Waals surface area contributed by atoms with Crippen molar-refractivity contribution in [2.75, 3.05) is 27.4 Å². The average Bonchev–Trinajstić information content (AvgIpc) is 3.20. The Bertz CT molecular complexity index is 1690. The summed E-state index contributed by atoms with van der Waals surface area (Å²) in [5.41, 5.74) is 2.19. The fourth-order valence-corrected chi connectivity index (χ4v) is 12.5. The topological polar surface area (TPSA) is 64.6 Å². The van der Waals surface area contributed by atoms with E-state index < -0.39 is 26.3 Å². The van der Waals surface area contributed by atoms with Gasteiger partial charge in [0.05, 0.1) is 39.1 Å². The fourth-order valence-electron chi connectivity index (χ4n) is 7.89. The minimum atomic E-state index is -2.87. The monoisotopic (exact) mass is 750 g/mol. The van der Waals surface area contributed by atoms with Crippen LogP contribution in [0.2, 0.25) is 5.04 Å². The number of benzene rings is 4. The number of ether oxygens (including phenoxy) is 6. The van der Waals surface area contributed by atoms with E-state index in [4.69, 9.17) is 32.8 Å². The van der Waals surface area contributed by atoms with Crippen LogP contribution in [0.1, 0.15) is 58.1 Å². The largest absolute Gasteiger partial charge is 0.497 e. The molecule has 2 aliphatic heterocycles. The summed E-state index contributed by atoms with van der Waals surface area (Å²) in [4.78, 5) is 0. The van der Waals surface area contributed by atoms with Gasteiger partial charge in [0.2, 0.25) is 0 Å². The first-order valence-electron chi connectivity index (χ1n) is 19.4. The quantitative estimate of drug-likeness (QED) is 0.0650. The Morgan fingerprint density at radius 3 is 1.98 bits per heavy atom. The van der Waals surface area contributed by atoms with Crippen molar-refractivity contribution in [1.82, 2.24) is 0 Å². The van der Waals surface area contributed by atoms with Gasteiger partial charge < -0.3 is 32.8 Å². The Hall–Kier alpha value is -3.60. The zero-order valence-electron chi connectivity index (χ0n) is 32.8. The van der Waals surface area contributed by atoms with E-state index in [1.807, 2.05) is 42.5 Å². The SMILES string of the molecule is COc1ccc(COCCC2O[C@]3(C=CC2C)CCC(OC)[C@@H]([C@@H](CO[Si](c2ccccc2)(c2ccccc2)C(C)(C)C)OCc2ccccc2)O3)cc1. The van der Waals surface area contributed by atoms with Crippen LogP contribution < -0.4 is 15.1 Å². The Kier molecular flexibility index (Phi) is 13.6. The second-order valence-electron chi connectivity index (χ2n) is 15.6. The lowest BCUT2D eigenvalue weighted by Crippen LogP contribution is -2.67. The lowest BCUT2D eigenvalue weighted by Gasteiger charge is -2.49. The molecule has 7 nitrogen and oxygen atoms in total. The van der Waals surface area contributed by atoms with Crippen LogP contribution >= 0.6 is 0 Å². The van der Waals surface area contributed by atoms with Crippen LogP contribution in [0.3, 0.4) is 0 Å². The molecule has 6 atom stereocenters. The van der Waals surface area contributed by atoms with Crippen LogP contribution in [-0.2, 0) is 41.3 Å². The minimum absolute atomic E-state index is 0.0670. The Morgan fingerprint density at radius 1 is 0.778 bits per heavy atom. The maximum absolute atomic E-state index is 7.49. The molecule has 8 heteroatoms. The Balaban J connectivity index is 1.24. The van der Waals surface area contributed by atoms with E-state index in [0.29, 0.717) is 32.8 Å². The summed E-state index contributed by atoms with van der Waals surface area (Å²) in [6, 6.07) is 39.7. The van der Waals surface area contributed by atoms with Gasteiger partial charge in [-0.05, 0) is 57.6 Å². The van der Waals surface area contributed by atoms with Crippen molar-refractivity contribution in [2.45, 2.75) is 95.4 Å². The highest BCUT2D eigenvalue weighted by Gasteiger charge is 2.52. The zero-order valence-corrected chi connectivity index (χ0v) is 33.8. The molecule has 0 amide bonds. The Morgan fingerprint density at radius 2 is 1.39 bits per heavy atom. The third-order valence-corrected chi connectivity index (χ3v) is 15.9. The van der Waals surface area contributed by atoms with Crippen LogP contribution in [-0.4, -0.2) is 66.0 Å². The van der Waals surface area contributed by atoms with Gasteiger partial charge >= 0.3 is 0 Å². The molecule has 0 saturated carbocycles. The van der Waals surface area contributed by atoms with Crippen LogP contribution in [0.15, 0.2) is 127 Å². The maximum Gasteiger partial charge on any atom is 0.261 e. The van der Waals surface area contributed by atoms with E-state index in [1.54, 1.807) is 14.2 Å². The summed E-state index contributed by atoms with van der Waals surface area (Å²) in [6.45, 7) is 10.9. The molecule has 0 bridgehead atoms. The molecule has 288 valence electrons. The van der Waals surface area contributed by atoms with Crippen LogP contribution in [0.5, 0.6) is 5.75 Å². The summed E-state index contributed by atoms with van der Waals surface area (Å²) in [6.07, 6.45) is 5.36. The first-order chi connectivity index (χ1) is 26.2. The molecule has 0 aromatic heterocycles. The summed E-state index contributed by atoms with van der Waals surface area (Å²) < 4.78 is 46.0. The molecular formula is C46H58O7Si. The molecule has 3 unspecified atom stereocenters. The number of hydrogen-bond donors (Lipinski definition) is 0. The predicted molar refractivity (Wildman–Crippen MR) is 217 cm³/mol. The molecule has 2 heterocycles. The summed E-state index contributed by atoms with van der Waals surface area (Å²) >= 11 is 0. The van der Waals surface area contributed by atoms with Crippen molar-refractivity contribution in [1.29, 1.82) is 0 Å². The van der Waals surface area contributed by atoms with E-state index in [0.717, 1.165) is 29.7 Å². The molecular weight excluding hydrogens is 693 g/mol. The third-order valence-electron chi connectivity index (χ3n) is 10.9. The highest BCUT2D eigenvalue weighted by Crippen LogP contribution is 2.41. The van der Waals surface area contributed by atoms with Crippen molar-refractivity contribution < 1.29 is 32.8 Å². The molecule has 1 fully saturated rings. The molecule has 0 radical (unpaired) electrons. The molecule has 1 spiro atoms. The van der Waals surface area contributed by atoms with Gasteiger partial charge in [-0.2, -0.15) is 0 Å². The molecule has 4 aromatic rings. The second kappa shape index (κ2) is 18.4. The highest BCUT2D eigenvalue weighted by molar-refractivity contribution is 6.99. The van der Waals surface area contributed by atoms with E-state index in [-0.39, 0.29) is 23.2 Å². The highest BCUT2D eigenvalue weighted by atomic mass is 28.4. The molecule has 1 saturated heterocycles. The predicted octanol–water partition coefficient (Wildman–Crippen LogP) is 8.25. The van der Waals surface area contributed by atoms with Crippen molar-refractivity contribution >= 4 is 18.7 Å². The summed E-state index contributed by atoms with van der Waals surface area (Å²) in [7, 11) is 0.564. The van der Waals surface area contributed by atoms with Gasteiger partial charge in [-0.15, -0.1) is 0 Å². The van der Waals surface area contributed by atoms with Crippen LogP contribution in [0.25, 0.3) is 0 Å². The second-order valence-corrected chi connectivity index (χ2v) is 19.9. The van der Waals surface area contributed by atoms with Crippen LogP contribution in [0.4, 0.5) is 0 Å². The van der Waals surface area contributed by atoms with Gasteiger partial charge in [0.25, 0.3) is 8.32 Å². The van der Waals surface area contributed by atoms with Gasteiger partial charge in [0.1, 0.15) is 18.0 Å². The maximum atomic E-state index is 7.49. The Labute approximate surface area is 323 Å². The summed E-state index contributed by atoms with van der Waals surface area (Å²) in [5.74, 6) is 0.147. The lowest BCUT2D eigenvalue weighted by atomic mass is 9.90.